The van der Waals surface area contributed by atoms with Crippen LogP contribution in [0.5, 0.6) is 0 Å². The van der Waals surface area contributed by atoms with E-state index in [2.05, 4.69) is 42.9 Å². The van der Waals surface area contributed by atoms with Gasteiger partial charge in [0.05, 0.1) is 5.69 Å². The van der Waals surface area contributed by atoms with Crippen LogP contribution in [0.2, 0.25) is 0 Å². The first-order chi connectivity index (χ1) is 5.77. The number of allylic oxidation sites excluding steroid dienone is 1. The number of aryl methyl sites for hydroxylation is 2. The van der Waals surface area contributed by atoms with Gasteiger partial charge >= 0.3 is 0 Å². The molecule has 66 valence electrons. The van der Waals surface area contributed by atoms with Crippen LogP contribution in [0.3, 0.4) is 0 Å². The number of hydrogen-bond acceptors (Lipinski definition) is 1. The van der Waals surface area contributed by atoms with E-state index >= 15 is 0 Å². The van der Waals surface area contributed by atoms with Gasteiger partial charge in [0.1, 0.15) is 5.82 Å². The maximum absolute atomic E-state index is 4.42. The van der Waals surface area contributed by atoms with E-state index in [4.69, 9.17) is 0 Å². The molecule has 0 radical (unpaired) electrons. The molecule has 1 N–H and O–H groups in total. The van der Waals surface area contributed by atoms with E-state index in [1.54, 1.807) is 0 Å². The van der Waals surface area contributed by atoms with Crippen molar-refractivity contribution in [3.05, 3.63) is 23.3 Å². The van der Waals surface area contributed by atoms with E-state index in [9.17, 15) is 0 Å². The first kappa shape index (κ1) is 9.04. The highest BCUT2D eigenvalue weighted by Crippen LogP contribution is 2.07. The number of imidazole rings is 1. The predicted octanol–water partition coefficient (Wildman–Crippen LogP) is 2.70. The first-order valence-electron chi connectivity index (χ1n) is 4.50. The second kappa shape index (κ2) is 4.10. The van der Waals surface area contributed by atoms with Gasteiger partial charge in [-0.15, -0.1) is 0 Å². The molecule has 1 rings (SSSR count). The summed E-state index contributed by atoms with van der Waals surface area (Å²) in [6.07, 6.45) is 6.24. The summed E-state index contributed by atoms with van der Waals surface area (Å²) in [5, 5.41) is 0. The summed E-state index contributed by atoms with van der Waals surface area (Å²) in [7, 11) is 0. The first-order valence-corrected chi connectivity index (χ1v) is 4.50. The average molecular weight is 164 g/mol. The minimum atomic E-state index is 0.973. The van der Waals surface area contributed by atoms with Gasteiger partial charge in [-0.2, -0.15) is 0 Å². The molecule has 2 heteroatoms. The van der Waals surface area contributed by atoms with Gasteiger partial charge in [-0.1, -0.05) is 19.9 Å². The molecule has 0 bridgehead atoms. The second-order valence-corrected chi connectivity index (χ2v) is 2.86. The van der Waals surface area contributed by atoms with Crippen LogP contribution in [0.1, 0.15) is 37.5 Å². The number of hydrogen-bond donors (Lipinski definition) is 1. The lowest BCUT2D eigenvalue weighted by Crippen LogP contribution is -1.80. The summed E-state index contributed by atoms with van der Waals surface area (Å²) in [5.74, 6) is 1.07. The van der Waals surface area contributed by atoms with Crippen molar-refractivity contribution >= 4 is 6.08 Å². The van der Waals surface area contributed by atoms with Crippen molar-refractivity contribution in [1.29, 1.82) is 0 Å². The monoisotopic (exact) mass is 164 g/mol. The topological polar surface area (TPSA) is 28.7 Å². The quantitative estimate of drug-likeness (QED) is 0.731. The lowest BCUT2D eigenvalue weighted by molar-refractivity contribution is 0.981. The average Bonchev–Trinajstić information content (AvgIpc) is 2.43. The van der Waals surface area contributed by atoms with Crippen molar-refractivity contribution in [2.75, 3.05) is 0 Å². The van der Waals surface area contributed by atoms with Crippen molar-refractivity contribution in [2.24, 2.45) is 0 Å². The molecule has 0 aliphatic rings. The largest absolute Gasteiger partial charge is 0.346 e. The molecule has 0 unspecified atom stereocenters. The molecule has 0 aromatic carbocycles. The smallest absolute Gasteiger partial charge is 0.106 e. The molecule has 12 heavy (non-hydrogen) atoms. The summed E-state index contributed by atoms with van der Waals surface area (Å²) in [4.78, 5) is 7.66. The van der Waals surface area contributed by atoms with Gasteiger partial charge in [-0.3, -0.25) is 0 Å². The zero-order chi connectivity index (χ0) is 8.97. The van der Waals surface area contributed by atoms with Gasteiger partial charge in [-0.05, 0) is 19.4 Å². The number of nitrogens with one attached hydrogen (secondary N) is 1. The minimum Gasteiger partial charge on any atom is -0.346 e. The van der Waals surface area contributed by atoms with Crippen LogP contribution in [0.25, 0.3) is 6.08 Å². The zero-order valence-corrected chi connectivity index (χ0v) is 8.02. The Morgan fingerprint density at radius 3 is 2.67 bits per heavy atom. The zero-order valence-electron chi connectivity index (χ0n) is 8.02. The summed E-state index contributed by atoms with van der Waals surface area (Å²) in [5.41, 5.74) is 2.24. The Kier molecular flexibility index (Phi) is 3.09. The van der Waals surface area contributed by atoms with Gasteiger partial charge in [0.2, 0.25) is 0 Å². The van der Waals surface area contributed by atoms with E-state index in [0.29, 0.717) is 0 Å². The van der Waals surface area contributed by atoms with Crippen LogP contribution in [0.15, 0.2) is 6.08 Å². The molecule has 1 aromatic heterocycles. The van der Waals surface area contributed by atoms with Gasteiger partial charge < -0.3 is 4.98 Å². The van der Waals surface area contributed by atoms with E-state index < -0.39 is 0 Å². The van der Waals surface area contributed by atoms with Crippen molar-refractivity contribution in [3.63, 3.8) is 0 Å². The third-order valence-corrected chi connectivity index (χ3v) is 1.82. The minimum absolute atomic E-state index is 0.973. The van der Waals surface area contributed by atoms with Crippen molar-refractivity contribution in [1.82, 2.24) is 9.97 Å². The van der Waals surface area contributed by atoms with E-state index in [1.807, 2.05) is 0 Å². The Hall–Kier alpha value is -1.05. The molecule has 0 fully saturated rings. The number of H-pyrrole nitrogens is 1. The Labute approximate surface area is 73.7 Å². The Bertz CT molecular complexity index is 271. The van der Waals surface area contributed by atoms with Crippen molar-refractivity contribution < 1.29 is 0 Å². The highest BCUT2D eigenvalue weighted by Gasteiger charge is 2.00. The molecule has 1 aromatic rings. The molecule has 0 aliphatic carbocycles. The fourth-order valence-electron chi connectivity index (χ4n) is 1.10. The molecule has 0 atom stereocenters. The molecule has 0 amide bonds. The second-order valence-electron chi connectivity index (χ2n) is 2.86. The lowest BCUT2D eigenvalue weighted by Gasteiger charge is -1.85. The number of nitrogens with zero attached hydrogens (tertiary/aromatic N) is 1. The Morgan fingerprint density at radius 2 is 2.17 bits per heavy atom. The standard InChI is InChI=1S/C10H16N2/c1-4-6-7-9-8(3)11-10(5-2)12-9/h6-7H,4-5H2,1-3H3,(H,11,12)/b7-6-. The van der Waals surface area contributed by atoms with Crippen LogP contribution in [0.4, 0.5) is 0 Å². The Morgan fingerprint density at radius 1 is 1.42 bits per heavy atom. The van der Waals surface area contributed by atoms with Crippen LogP contribution in [0, 0.1) is 6.92 Å². The Balaban J connectivity index is 2.84. The van der Waals surface area contributed by atoms with Gasteiger partial charge in [-0.25, -0.2) is 4.98 Å². The molecule has 0 spiro atoms. The van der Waals surface area contributed by atoms with Crippen molar-refractivity contribution in [2.45, 2.75) is 33.6 Å². The van der Waals surface area contributed by atoms with Crippen LogP contribution >= 0.6 is 0 Å². The fraction of sp³-hybridized carbons (Fsp3) is 0.500. The highest BCUT2D eigenvalue weighted by atomic mass is 14.9. The molecule has 0 saturated carbocycles. The lowest BCUT2D eigenvalue weighted by atomic mass is 10.3. The fourth-order valence-corrected chi connectivity index (χ4v) is 1.10. The predicted molar refractivity (Wildman–Crippen MR) is 52.0 cm³/mol. The van der Waals surface area contributed by atoms with Gasteiger partial charge in [0, 0.05) is 12.1 Å². The number of rotatable bonds is 3. The summed E-state index contributed by atoms with van der Waals surface area (Å²) in [6.45, 7) is 6.28. The summed E-state index contributed by atoms with van der Waals surface area (Å²) < 4.78 is 0. The summed E-state index contributed by atoms with van der Waals surface area (Å²) in [6, 6.07) is 0. The third-order valence-electron chi connectivity index (χ3n) is 1.82. The molecule has 2 nitrogen and oxygen atoms in total. The molecular weight excluding hydrogens is 148 g/mol. The SMILES string of the molecule is CC/C=C\c1nc(CC)[nH]c1C. The highest BCUT2D eigenvalue weighted by molar-refractivity contribution is 5.47. The maximum Gasteiger partial charge on any atom is 0.106 e. The number of aromatic nitrogens is 2. The van der Waals surface area contributed by atoms with E-state index in [-0.39, 0.29) is 0 Å². The van der Waals surface area contributed by atoms with Crippen LogP contribution in [-0.4, -0.2) is 9.97 Å². The molecule has 0 aliphatic heterocycles. The normalized spacial score (nSPS) is 11.2. The maximum atomic E-state index is 4.42. The summed E-state index contributed by atoms with van der Waals surface area (Å²) >= 11 is 0. The van der Waals surface area contributed by atoms with E-state index in [1.165, 1.54) is 0 Å². The van der Waals surface area contributed by atoms with Gasteiger partial charge in [0.15, 0.2) is 0 Å². The third kappa shape index (κ3) is 1.97. The van der Waals surface area contributed by atoms with Crippen LogP contribution < -0.4 is 0 Å². The van der Waals surface area contributed by atoms with Crippen molar-refractivity contribution in [3.8, 4) is 0 Å². The molecule has 0 saturated heterocycles. The molecule has 1 heterocycles. The van der Waals surface area contributed by atoms with Crippen LogP contribution in [-0.2, 0) is 6.42 Å². The number of aromatic amines is 1. The molecular formula is C10H16N2. The van der Waals surface area contributed by atoms with Gasteiger partial charge in [0.25, 0.3) is 0 Å². The van der Waals surface area contributed by atoms with E-state index in [0.717, 1.165) is 30.1 Å².